The second-order valence-corrected chi connectivity index (χ2v) is 12.7. The molecule has 2 aromatic rings. The van der Waals surface area contributed by atoms with E-state index in [2.05, 4.69) is 46.4 Å². The van der Waals surface area contributed by atoms with Crippen molar-refractivity contribution >= 4 is 30.0 Å². The minimum absolute atomic E-state index is 0.285. The topological polar surface area (TPSA) is 38.7 Å². The van der Waals surface area contributed by atoms with Gasteiger partial charge in [-0.15, -0.1) is 11.3 Å². The number of likely N-dealkylation sites (tertiary alicyclic amines) is 1. The van der Waals surface area contributed by atoms with Gasteiger partial charge in [-0.05, 0) is 83.3 Å². The first-order valence-electron chi connectivity index (χ1n) is 13.6. The van der Waals surface area contributed by atoms with Gasteiger partial charge in [-0.2, -0.15) is 0 Å². The molecule has 1 unspecified atom stereocenters. The normalized spacial score (nSPS) is 29.6. The molecule has 190 valence electrons. The average Bonchev–Trinajstić information content (AvgIpc) is 3.50. The van der Waals surface area contributed by atoms with E-state index in [0.29, 0.717) is 11.8 Å². The molecule has 8 heteroatoms. The molecule has 1 atom stereocenters. The van der Waals surface area contributed by atoms with Gasteiger partial charge in [-0.1, -0.05) is 12.8 Å². The van der Waals surface area contributed by atoms with Crippen molar-refractivity contribution in [2.24, 2.45) is 0 Å². The number of thiazole rings is 1. The molecule has 3 aliphatic heterocycles. The number of pyridine rings is 1. The van der Waals surface area contributed by atoms with E-state index < -0.39 is 0 Å². The number of hydrogen-bond acceptors (Lipinski definition) is 8. The van der Waals surface area contributed by atoms with Crippen LogP contribution in [0.15, 0.2) is 17.6 Å². The Morgan fingerprint density at radius 1 is 0.886 bits per heavy atom. The zero-order valence-corrected chi connectivity index (χ0v) is 23.0. The van der Waals surface area contributed by atoms with E-state index >= 15 is 0 Å². The van der Waals surface area contributed by atoms with Gasteiger partial charge in [0.15, 0.2) is 0 Å². The van der Waals surface area contributed by atoms with Crippen molar-refractivity contribution in [3.05, 3.63) is 39.5 Å². The van der Waals surface area contributed by atoms with Gasteiger partial charge < -0.3 is 14.1 Å². The lowest BCUT2D eigenvalue weighted by atomic mass is 9.81. The van der Waals surface area contributed by atoms with Crippen LogP contribution in [0.1, 0.15) is 78.1 Å². The van der Waals surface area contributed by atoms with E-state index in [1.807, 2.05) is 15.6 Å². The van der Waals surface area contributed by atoms with Gasteiger partial charge in [-0.3, -0.25) is 4.90 Å². The molecule has 0 radical (unpaired) electrons. The van der Waals surface area contributed by atoms with Crippen molar-refractivity contribution in [3.63, 3.8) is 0 Å². The largest absolute Gasteiger partial charge is 0.306 e. The molecule has 0 aromatic carbocycles. The second-order valence-electron chi connectivity index (χ2n) is 11.3. The molecule has 1 aliphatic carbocycles. The predicted octanol–water partition coefficient (Wildman–Crippen LogP) is 4.42. The van der Waals surface area contributed by atoms with Crippen molar-refractivity contribution in [2.45, 2.75) is 62.3 Å². The number of piperazine rings is 1. The minimum atomic E-state index is 0.285. The maximum Gasteiger partial charge on any atom is 0.142 e. The van der Waals surface area contributed by atoms with Crippen LogP contribution in [0.5, 0.6) is 0 Å². The van der Waals surface area contributed by atoms with Crippen LogP contribution in [0.2, 0.25) is 0 Å². The number of hydrogen-bond donors (Lipinski definition) is 1. The standard InChI is InChI=1S/C27H40N6S2/c1-30-9-7-20(8-10-30)27-29-25(18-35-27)24-17-33(34)26-23(24)15-21(16-28-26)19-3-5-22(6-4-19)32-13-11-31(2)12-14-32/h15-16,18-20,22,24,34H,3-14,17H2,1-2H3. The van der Waals surface area contributed by atoms with Crippen LogP contribution in [0.3, 0.4) is 0 Å². The van der Waals surface area contributed by atoms with E-state index in [1.54, 1.807) is 0 Å². The molecule has 0 bridgehead atoms. The Labute approximate surface area is 220 Å². The number of piperidine rings is 1. The van der Waals surface area contributed by atoms with E-state index in [0.717, 1.165) is 18.4 Å². The molecule has 2 aromatic heterocycles. The van der Waals surface area contributed by atoms with Crippen LogP contribution >= 0.6 is 24.2 Å². The summed E-state index contributed by atoms with van der Waals surface area (Å²) in [5, 5.41) is 3.64. The van der Waals surface area contributed by atoms with Crippen molar-refractivity contribution in [1.82, 2.24) is 24.7 Å². The lowest BCUT2D eigenvalue weighted by Crippen LogP contribution is -2.49. The lowest BCUT2D eigenvalue weighted by molar-refractivity contribution is 0.0878. The molecule has 0 amide bonds. The number of fused-ring (bicyclic) bond motifs is 1. The lowest BCUT2D eigenvalue weighted by Gasteiger charge is -2.41. The first-order chi connectivity index (χ1) is 17.0. The summed E-state index contributed by atoms with van der Waals surface area (Å²) in [6.45, 7) is 8.12. The third kappa shape index (κ3) is 5.01. The number of thiol groups is 1. The van der Waals surface area contributed by atoms with Gasteiger partial charge in [0.2, 0.25) is 0 Å². The molecular formula is C27H40N6S2. The molecule has 6 nitrogen and oxygen atoms in total. The molecule has 0 N–H and O–H groups in total. The summed E-state index contributed by atoms with van der Waals surface area (Å²) in [6.07, 6.45) is 9.79. The Bertz CT molecular complexity index is 1000. The van der Waals surface area contributed by atoms with E-state index in [-0.39, 0.29) is 5.92 Å². The van der Waals surface area contributed by atoms with Crippen molar-refractivity contribution in [2.75, 3.05) is 64.2 Å². The second kappa shape index (κ2) is 10.3. The van der Waals surface area contributed by atoms with Crippen molar-refractivity contribution in [1.29, 1.82) is 0 Å². The average molecular weight is 513 g/mol. The van der Waals surface area contributed by atoms with Crippen molar-refractivity contribution in [3.8, 4) is 0 Å². The Kier molecular flexibility index (Phi) is 7.10. The van der Waals surface area contributed by atoms with Gasteiger partial charge in [0, 0.05) is 67.7 Å². The van der Waals surface area contributed by atoms with Gasteiger partial charge in [-0.25, -0.2) is 9.97 Å². The third-order valence-electron chi connectivity index (χ3n) is 9.08. The third-order valence-corrected chi connectivity index (χ3v) is 10.5. The fourth-order valence-corrected chi connectivity index (χ4v) is 8.04. The molecule has 2 saturated heterocycles. The van der Waals surface area contributed by atoms with Gasteiger partial charge >= 0.3 is 0 Å². The zero-order valence-electron chi connectivity index (χ0n) is 21.3. The molecule has 4 aliphatic rings. The number of likely N-dealkylation sites (N-methyl/N-ethyl adjacent to an activating group) is 1. The Morgan fingerprint density at radius 3 is 2.34 bits per heavy atom. The fourth-order valence-electron chi connectivity index (χ4n) is 6.66. The molecule has 1 saturated carbocycles. The first-order valence-corrected chi connectivity index (χ1v) is 14.9. The summed E-state index contributed by atoms with van der Waals surface area (Å²) in [5.41, 5.74) is 3.98. The SMILES string of the molecule is CN1CCC(c2nc(C3CN(S)c4ncc(C5CCC(N6CCN(C)CC6)CC5)cc43)cs2)CC1. The van der Waals surface area contributed by atoms with Crippen LogP contribution in [-0.4, -0.2) is 90.6 Å². The highest BCUT2D eigenvalue weighted by atomic mass is 32.1. The molecule has 5 heterocycles. The van der Waals surface area contributed by atoms with Crippen LogP contribution in [0.4, 0.5) is 5.82 Å². The van der Waals surface area contributed by atoms with Crippen LogP contribution in [-0.2, 0) is 0 Å². The molecule has 0 spiro atoms. The molecule has 6 rings (SSSR count). The Hall–Kier alpha value is -1.19. The van der Waals surface area contributed by atoms with Crippen molar-refractivity contribution < 1.29 is 0 Å². The number of nitrogens with zero attached hydrogens (tertiary/aromatic N) is 6. The highest BCUT2D eigenvalue weighted by Gasteiger charge is 2.34. The molecule has 35 heavy (non-hydrogen) atoms. The van der Waals surface area contributed by atoms with Crippen LogP contribution in [0, 0.1) is 0 Å². The van der Waals surface area contributed by atoms with Gasteiger partial charge in [0.1, 0.15) is 5.82 Å². The summed E-state index contributed by atoms with van der Waals surface area (Å²) in [4.78, 5) is 17.7. The van der Waals surface area contributed by atoms with E-state index in [9.17, 15) is 0 Å². The maximum absolute atomic E-state index is 5.19. The number of aromatic nitrogens is 2. The summed E-state index contributed by atoms with van der Waals surface area (Å²) in [7, 11) is 4.47. The van der Waals surface area contributed by atoms with E-state index in [4.69, 9.17) is 22.8 Å². The quantitative estimate of drug-likeness (QED) is 0.612. The summed E-state index contributed by atoms with van der Waals surface area (Å²) in [5.74, 6) is 2.57. The predicted molar refractivity (Wildman–Crippen MR) is 148 cm³/mol. The summed E-state index contributed by atoms with van der Waals surface area (Å²) >= 11 is 6.63. The van der Waals surface area contributed by atoms with Gasteiger partial charge in [0.05, 0.1) is 10.7 Å². The summed E-state index contributed by atoms with van der Waals surface area (Å²) in [6, 6.07) is 3.23. The maximum atomic E-state index is 5.19. The highest BCUT2D eigenvalue weighted by Crippen LogP contribution is 2.44. The number of anilines is 1. The number of rotatable bonds is 4. The summed E-state index contributed by atoms with van der Waals surface area (Å²) < 4.78 is 2.03. The molecular weight excluding hydrogens is 472 g/mol. The fraction of sp³-hybridized carbons (Fsp3) is 0.704. The smallest absolute Gasteiger partial charge is 0.142 e. The van der Waals surface area contributed by atoms with E-state index in [1.165, 1.54) is 99.6 Å². The van der Waals surface area contributed by atoms with Crippen LogP contribution in [0.25, 0.3) is 0 Å². The van der Waals surface area contributed by atoms with Gasteiger partial charge in [0.25, 0.3) is 0 Å². The monoisotopic (exact) mass is 512 g/mol. The zero-order chi connectivity index (χ0) is 23.9. The Balaban J connectivity index is 1.15. The minimum Gasteiger partial charge on any atom is -0.306 e. The highest BCUT2D eigenvalue weighted by molar-refractivity contribution is 7.81. The Morgan fingerprint density at radius 2 is 1.60 bits per heavy atom. The van der Waals surface area contributed by atoms with Crippen LogP contribution < -0.4 is 4.31 Å². The first kappa shape index (κ1) is 24.2. The molecule has 3 fully saturated rings.